The third kappa shape index (κ3) is 4.39. The number of fused-ring (bicyclic) bond motifs is 3. The minimum Gasteiger partial charge on any atom is -0.388 e. The standard InChI is InChI=1S/C22H19N3OS2/c1-3-4-5-6-7-10-25-22(26)15(14-23)11-17-13-20-21(27-17)18-9-8-16(24-2)12-19(18)28-20/h3-13,24H,1-2H3,(H,25,26)/b4-3-,6-5-,10-7+,15-11-. The van der Waals surface area contributed by atoms with Crippen LogP contribution in [0.4, 0.5) is 5.69 Å². The van der Waals surface area contributed by atoms with Crippen LogP contribution in [0.15, 0.2) is 66.4 Å². The van der Waals surface area contributed by atoms with Crippen LogP contribution in [0.3, 0.4) is 0 Å². The third-order valence-corrected chi connectivity index (χ3v) is 6.28. The molecule has 2 N–H and O–H groups in total. The van der Waals surface area contributed by atoms with Crippen molar-refractivity contribution in [2.24, 2.45) is 0 Å². The number of hydrogen-bond donors (Lipinski definition) is 2. The van der Waals surface area contributed by atoms with E-state index in [4.69, 9.17) is 0 Å². The summed E-state index contributed by atoms with van der Waals surface area (Å²) in [6.45, 7) is 1.93. The van der Waals surface area contributed by atoms with Crippen molar-refractivity contribution in [2.75, 3.05) is 12.4 Å². The molecular formula is C22H19N3OS2. The Kier molecular flexibility index (Phi) is 6.43. The Morgan fingerprint density at radius 2 is 1.93 bits per heavy atom. The van der Waals surface area contributed by atoms with Crippen LogP contribution in [0.1, 0.15) is 11.8 Å². The molecule has 4 nitrogen and oxygen atoms in total. The van der Waals surface area contributed by atoms with Gasteiger partial charge < -0.3 is 10.6 Å². The third-order valence-electron chi connectivity index (χ3n) is 3.94. The van der Waals surface area contributed by atoms with E-state index in [1.165, 1.54) is 21.0 Å². The first-order valence-corrected chi connectivity index (χ1v) is 10.3. The number of anilines is 1. The molecule has 3 aromatic rings. The van der Waals surface area contributed by atoms with E-state index in [0.29, 0.717) is 0 Å². The lowest BCUT2D eigenvalue weighted by atomic mass is 10.2. The summed E-state index contributed by atoms with van der Waals surface area (Å²) in [6, 6.07) is 10.3. The Labute approximate surface area is 171 Å². The van der Waals surface area contributed by atoms with Gasteiger partial charge in [-0.2, -0.15) is 5.26 Å². The number of benzene rings is 1. The number of nitrogens with one attached hydrogen (secondary N) is 2. The summed E-state index contributed by atoms with van der Waals surface area (Å²) in [7, 11) is 1.90. The monoisotopic (exact) mass is 405 g/mol. The van der Waals surface area contributed by atoms with Crippen LogP contribution in [0.5, 0.6) is 0 Å². The summed E-state index contributed by atoms with van der Waals surface area (Å²) in [5.41, 5.74) is 1.16. The van der Waals surface area contributed by atoms with Crippen LogP contribution in [0.2, 0.25) is 0 Å². The van der Waals surface area contributed by atoms with E-state index < -0.39 is 5.91 Å². The molecule has 0 saturated carbocycles. The highest BCUT2D eigenvalue weighted by Gasteiger charge is 2.12. The van der Waals surface area contributed by atoms with Crippen molar-refractivity contribution in [3.8, 4) is 6.07 Å². The lowest BCUT2D eigenvalue weighted by molar-refractivity contribution is -0.116. The SMILES string of the molecule is C\C=C/C=C\C=C\NC(=O)/C(C#N)=C\c1cc2sc3cc(NC)ccc3c2s1. The number of nitrogens with zero attached hydrogens (tertiary/aromatic N) is 1. The molecule has 0 bridgehead atoms. The molecule has 0 saturated heterocycles. The van der Waals surface area contributed by atoms with Gasteiger partial charge in [0.2, 0.25) is 0 Å². The van der Waals surface area contributed by atoms with E-state index in [0.717, 1.165) is 15.3 Å². The fourth-order valence-corrected chi connectivity index (χ4v) is 5.10. The molecule has 0 radical (unpaired) electrons. The van der Waals surface area contributed by atoms with Crippen molar-refractivity contribution in [3.05, 3.63) is 71.3 Å². The smallest absolute Gasteiger partial charge is 0.265 e. The highest BCUT2D eigenvalue weighted by Crippen LogP contribution is 2.40. The number of carbonyl (C=O) groups excluding carboxylic acids is 1. The van der Waals surface area contributed by atoms with Gasteiger partial charge in [0.15, 0.2) is 0 Å². The molecule has 0 atom stereocenters. The summed E-state index contributed by atoms with van der Waals surface area (Å²) in [6.07, 6.45) is 12.3. The van der Waals surface area contributed by atoms with Crippen molar-refractivity contribution in [1.82, 2.24) is 5.32 Å². The summed E-state index contributed by atoms with van der Waals surface area (Å²) in [5.74, 6) is -0.418. The lowest BCUT2D eigenvalue weighted by Crippen LogP contribution is -2.18. The second-order valence-corrected chi connectivity index (χ2v) is 7.99. The quantitative estimate of drug-likeness (QED) is 0.308. The van der Waals surface area contributed by atoms with Gasteiger partial charge in [-0.3, -0.25) is 4.79 Å². The number of allylic oxidation sites excluding steroid dienone is 5. The van der Waals surface area contributed by atoms with E-state index in [9.17, 15) is 10.1 Å². The van der Waals surface area contributed by atoms with Crippen molar-refractivity contribution in [3.63, 3.8) is 0 Å². The number of carbonyl (C=O) groups is 1. The van der Waals surface area contributed by atoms with Crippen LogP contribution in [0, 0.1) is 11.3 Å². The molecule has 1 aromatic carbocycles. The molecule has 6 heteroatoms. The Balaban J connectivity index is 1.81. The predicted octanol–water partition coefficient (Wildman–Crippen LogP) is 5.83. The van der Waals surface area contributed by atoms with E-state index in [1.807, 2.05) is 44.3 Å². The number of nitriles is 1. The fourth-order valence-electron chi connectivity index (χ4n) is 2.58. The molecule has 0 spiro atoms. The Morgan fingerprint density at radius 3 is 2.68 bits per heavy atom. The molecule has 0 aliphatic carbocycles. The molecule has 3 rings (SSSR count). The highest BCUT2D eigenvalue weighted by atomic mass is 32.1. The average molecular weight is 406 g/mol. The van der Waals surface area contributed by atoms with E-state index in [2.05, 4.69) is 28.8 Å². The number of amides is 1. The first kappa shape index (κ1) is 19.6. The van der Waals surface area contributed by atoms with Crippen LogP contribution in [-0.4, -0.2) is 13.0 Å². The lowest BCUT2D eigenvalue weighted by Gasteiger charge is -1.98. The van der Waals surface area contributed by atoms with Crippen molar-refractivity contribution >= 4 is 59.8 Å². The molecule has 0 fully saturated rings. The minimum absolute atomic E-state index is 0.0813. The Bertz CT molecular complexity index is 1170. The van der Waals surface area contributed by atoms with Gasteiger partial charge in [-0.25, -0.2) is 0 Å². The highest BCUT2D eigenvalue weighted by molar-refractivity contribution is 7.33. The zero-order valence-corrected chi connectivity index (χ0v) is 17.2. The van der Waals surface area contributed by atoms with E-state index >= 15 is 0 Å². The predicted molar refractivity (Wildman–Crippen MR) is 122 cm³/mol. The first-order chi connectivity index (χ1) is 13.7. The van der Waals surface area contributed by atoms with Crippen LogP contribution in [0.25, 0.3) is 25.6 Å². The largest absolute Gasteiger partial charge is 0.388 e. The Morgan fingerprint density at radius 1 is 1.11 bits per heavy atom. The topological polar surface area (TPSA) is 64.9 Å². The van der Waals surface area contributed by atoms with Gasteiger partial charge in [0.25, 0.3) is 5.91 Å². The van der Waals surface area contributed by atoms with Gasteiger partial charge in [0.05, 0.1) is 4.70 Å². The second-order valence-electron chi connectivity index (χ2n) is 5.82. The van der Waals surface area contributed by atoms with Gasteiger partial charge >= 0.3 is 0 Å². The van der Waals surface area contributed by atoms with Crippen LogP contribution < -0.4 is 10.6 Å². The van der Waals surface area contributed by atoms with Crippen molar-refractivity contribution in [2.45, 2.75) is 6.92 Å². The van der Waals surface area contributed by atoms with Gasteiger partial charge in [0, 0.05) is 38.6 Å². The zero-order valence-electron chi connectivity index (χ0n) is 15.5. The summed E-state index contributed by atoms with van der Waals surface area (Å²) < 4.78 is 3.56. The summed E-state index contributed by atoms with van der Waals surface area (Å²) in [4.78, 5) is 13.1. The first-order valence-electron chi connectivity index (χ1n) is 8.67. The molecular weight excluding hydrogens is 386 g/mol. The average Bonchev–Trinajstić information content (AvgIpc) is 3.24. The van der Waals surface area contributed by atoms with Crippen LogP contribution >= 0.6 is 22.7 Å². The maximum absolute atomic E-state index is 12.2. The number of hydrogen-bond acceptors (Lipinski definition) is 5. The molecule has 1 amide bonds. The van der Waals surface area contributed by atoms with E-state index in [-0.39, 0.29) is 5.57 Å². The fraction of sp³-hybridized carbons (Fsp3) is 0.0909. The van der Waals surface area contributed by atoms with Crippen molar-refractivity contribution < 1.29 is 4.79 Å². The van der Waals surface area contributed by atoms with Crippen LogP contribution in [-0.2, 0) is 4.79 Å². The number of rotatable bonds is 6. The van der Waals surface area contributed by atoms with E-state index in [1.54, 1.807) is 40.9 Å². The second kappa shape index (κ2) is 9.18. The normalized spacial score (nSPS) is 12.5. The van der Waals surface area contributed by atoms with Gasteiger partial charge in [-0.1, -0.05) is 30.4 Å². The molecule has 2 heterocycles. The zero-order chi connectivity index (χ0) is 19.9. The molecule has 28 heavy (non-hydrogen) atoms. The van der Waals surface area contributed by atoms with Gasteiger partial charge in [-0.15, -0.1) is 22.7 Å². The van der Waals surface area contributed by atoms with Gasteiger partial charge in [0.1, 0.15) is 11.6 Å². The summed E-state index contributed by atoms with van der Waals surface area (Å²) >= 11 is 3.30. The Hall–Kier alpha value is -3.14. The molecule has 0 aliphatic heterocycles. The molecule has 0 unspecified atom stereocenters. The number of thiophene rings is 2. The van der Waals surface area contributed by atoms with Gasteiger partial charge in [-0.05, 0) is 37.3 Å². The maximum Gasteiger partial charge on any atom is 0.265 e. The minimum atomic E-state index is -0.418. The molecule has 2 aromatic heterocycles. The molecule has 0 aliphatic rings. The maximum atomic E-state index is 12.2. The summed E-state index contributed by atoms with van der Waals surface area (Å²) in [5, 5.41) is 16.3. The molecule has 140 valence electrons. The van der Waals surface area contributed by atoms with Crippen molar-refractivity contribution in [1.29, 1.82) is 5.26 Å².